The zero-order chi connectivity index (χ0) is 19.4. The third kappa shape index (κ3) is 6.02. The minimum atomic E-state index is -0.604. The molecule has 2 amide bonds. The van der Waals surface area contributed by atoms with Crippen molar-refractivity contribution >= 4 is 11.8 Å². The monoisotopic (exact) mass is 361 g/mol. The van der Waals surface area contributed by atoms with Gasteiger partial charge in [-0.05, 0) is 65.2 Å². The molecule has 0 aromatic heterocycles. The highest BCUT2D eigenvalue weighted by Crippen LogP contribution is 2.28. The Labute approximate surface area is 156 Å². The maximum atomic E-state index is 12.2. The van der Waals surface area contributed by atoms with Crippen molar-refractivity contribution in [3.8, 4) is 5.75 Å². The zero-order valence-corrected chi connectivity index (χ0v) is 16.4. The van der Waals surface area contributed by atoms with Gasteiger partial charge in [0.25, 0.3) is 0 Å². The van der Waals surface area contributed by atoms with E-state index in [2.05, 4.69) is 43.6 Å². The largest absolute Gasteiger partial charge is 0.494 e. The van der Waals surface area contributed by atoms with Gasteiger partial charge in [0.2, 0.25) is 0 Å². The van der Waals surface area contributed by atoms with Gasteiger partial charge in [0.05, 0.1) is 6.61 Å². The van der Waals surface area contributed by atoms with Crippen LogP contribution in [-0.2, 0) is 16.1 Å². The Bertz CT molecular complexity index is 622. The van der Waals surface area contributed by atoms with Crippen LogP contribution in [0.15, 0.2) is 24.3 Å². The number of nitrogens with one attached hydrogen (secondary N) is 3. The number of amides is 2. The number of ether oxygens (including phenoxy) is 1. The Balaban J connectivity index is 1.84. The molecule has 6 heteroatoms. The van der Waals surface area contributed by atoms with Crippen molar-refractivity contribution in [2.75, 3.05) is 6.61 Å². The van der Waals surface area contributed by atoms with Gasteiger partial charge in [-0.15, -0.1) is 0 Å². The summed E-state index contributed by atoms with van der Waals surface area (Å²) >= 11 is 0. The Hall–Kier alpha value is -2.08. The number of hydrogen-bond acceptors (Lipinski definition) is 4. The van der Waals surface area contributed by atoms with Gasteiger partial charge in [-0.3, -0.25) is 9.59 Å². The van der Waals surface area contributed by atoms with Crippen LogP contribution in [0.4, 0.5) is 0 Å². The van der Waals surface area contributed by atoms with Crippen molar-refractivity contribution in [1.82, 2.24) is 16.0 Å². The predicted molar refractivity (Wildman–Crippen MR) is 102 cm³/mol. The first-order valence-electron chi connectivity index (χ1n) is 9.20. The van der Waals surface area contributed by atoms with E-state index < -0.39 is 11.8 Å². The number of hydrogen-bond donors (Lipinski definition) is 3. The number of carbonyl (C=O) groups excluding carboxylic acids is 2. The van der Waals surface area contributed by atoms with Gasteiger partial charge in [0.15, 0.2) is 0 Å². The van der Waals surface area contributed by atoms with Gasteiger partial charge in [-0.1, -0.05) is 12.1 Å². The van der Waals surface area contributed by atoms with E-state index in [4.69, 9.17) is 4.74 Å². The minimum absolute atomic E-state index is 0.0232. The predicted octanol–water partition coefficient (Wildman–Crippen LogP) is 2.13. The molecule has 0 radical (unpaired) electrons. The van der Waals surface area contributed by atoms with Crippen LogP contribution in [0, 0.1) is 0 Å². The Morgan fingerprint density at radius 3 is 2.19 bits per heavy atom. The van der Waals surface area contributed by atoms with Crippen molar-refractivity contribution < 1.29 is 14.3 Å². The molecule has 1 aromatic rings. The van der Waals surface area contributed by atoms with Gasteiger partial charge in [-0.25, -0.2) is 0 Å². The molecule has 144 valence electrons. The lowest BCUT2D eigenvalue weighted by Crippen LogP contribution is -2.62. The molecule has 0 saturated carbocycles. The van der Waals surface area contributed by atoms with Gasteiger partial charge in [0.1, 0.15) is 5.75 Å². The summed E-state index contributed by atoms with van der Waals surface area (Å²) in [6.45, 7) is 11.3. The second-order valence-electron chi connectivity index (χ2n) is 8.23. The van der Waals surface area contributed by atoms with E-state index in [9.17, 15) is 9.59 Å². The van der Waals surface area contributed by atoms with Gasteiger partial charge >= 0.3 is 11.8 Å². The van der Waals surface area contributed by atoms with Crippen LogP contribution in [0.3, 0.4) is 0 Å². The van der Waals surface area contributed by atoms with E-state index in [1.807, 2.05) is 31.2 Å². The summed E-state index contributed by atoms with van der Waals surface area (Å²) in [5.41, 5.74) is 0.746. The molecule has 1 fully saturated rings. The van der Waals surface area contributed by atoms with E-state index in [-0.39, 0.29) is 17.1 Å². The summed E-state index contributed by atoms with van der Waals surface area (Å²) in [5.74, 6) is -0.390. The zero-order valence-electron chi connectivity index (χ0n) is 16.4. The van der Waals surface area contributed by atoms with E-state index in [0.717, 1.165) is 24.2 Å². The second-order valence-corrected chi connectivity index (χ2v) is 8.23. The quantitative estimate of drug-likeness (QED) is 0.702. The highest BCUT2D eigenvalue weighted by Gasteiger charge is 2.38. The minimum Gasteiger partial charge on any atom is -0.494 e. The summed E-state index contributed by atoms with van der Waals surface area (Å²) in [5, 5.41) is 9.12. The number of carbonyl (C=O) groups is 2. The van der Waals surface area contributed by atoms with Crippen molar-refractivity contribution in [3.63, 3.8) is 0 Å². The summed E-state index contributed by atoms with van der Waals surface area (Å²) in [7, 11) is 0. The van der Waals surface area contributed by atoms with Gasteiger partial charge in [-0.2, -0.15) is 0 Å². The highest BCUT2D eigenvalue weighted by molar-refractivity contribution is 6.35. The lowest BCUT2D eigenvalue weighted by atomic mass is 9.79. The molecule has 26 heavy (non-hydrogen) atoms. The average molecular weight is 361 g/mol. The molecule has 0 spiro atoms. The molecular formula is C20H31N3O3. The van der Waals surface area contributed by atoms with Crippen molar-refractivity contribution in [2.45, 2.75) is 71.1 Å². The third-order valence-electron chi connectivity index (χ3n) is 4.42. The van der Waals surface area contributed by atoms with Crippen LogP contribution in [-0.4, -0.2) is 35.5 Å². The fraction of sp³-hybridized carbons (Fsp3) is 0.600. The SMILES string of the molecule is CCOc1ccc(CNC(=O)C(=O)NC2CC(C)(C)NC(C)(C)C2)cc1. The molecule has 1 aromatic carbocycles. The highest BCUT2D eigenvalue weighted by atomic mass is 16.5. The van der Waals surface area contributed by atoms with Gasteiger partial charge in [0, 0.05) is 23.7 Å². The molecule has 0 aliphatic carbocycles. The van der Waals surface area contributed by atoms with Crippen molar-refractivity contribution in [2.24, 2.45) is 0 Å². The fourth-order valence-electron chi connectivity index (χ4n) is 3.81. The molecule has 3 N–H and O–H groups in total. The summed E-state index contributed by atoms with van der Waals surface area (Å²) in [6.07, 6.45) is 1.57. The van der Waals surface area contributed by atoms with Crippen molar-refractivity contribution in [1.29, 1.82) is 0 Å². The summed E-state index contributed by atoms with van der Waals surface area (Å²) in [6, 6.07) is 7.43. The van der Waals surface area contributed by atoms with Crippen LogP contribution >= 0.6 is 0 Å². The third-order valence-corrected chi connectivity index (χ3v) is 4.42. The van der Waals surface area contributed by atoms with E-state index in [0.29, 0.717) is 13.2 Å². The molecule has 1 saturated heterocycles. The topological polar surface area (TPSA) is 79.5 Å². The van der Waals surface area contributed by atoms with Crippen LogP contribution in [0.2, 0.25) is 0 Å². The van der Waals surface area contributed by atoms with E-state index in [1.165, 1.54) is 0 Å². The Morgan fingerprint density at radius 2 is 1.65 bits per heavy atom. The van der Waals surface area contributed by atoms with Crippen LogP contribution in [0.25, 0.3) is 0 Å². The molecule has 1 aliphatic rings. The maximum Gasteiger partial charge on any atom is 0.309 e. The molecular weight excluding hydrogens is 330 g/mol. The number of benzene rings is 1. The van der Waals surface area contributed by atoms with Crippen molar-refractivity contribution in [3.05, 3.63) is 29.8 Å². The number of rotatable bonds is 5. The van der Waals surface area contributed by atoms with E-state index in [1.54, 1.807) is 0 Å². The maximum absolute atomic E-state index is 12.2. The van der Waals surface area contributed by atoms with Gasteiger partial charge < -0.3 is 20.7 Å². The average Bonchev–Trinajstić information content (AvgIpc) is 2.51. The first-order valence-corrected chi connectivity index (χ1v) is 9.20. The first-order chi connectivity index (χ1) is 12.1. The Kier molecular flexibility index (Phi) is 6.29. The first kappa shape index (κ1) is 20.2. The Morgan fingerprint density at radius 1 is 1.08 bits per heavy atom. The lowest BCUT2D eigenvalue weighted by Gasteiger charge is -2.46. The molecule has 2 rings (SSSR count). The summed E-state index contributed by atoms with van der Waals surface area (Å²) < 4.78 is 5.39. The molecule has 1 aliphatic heterocycles. The standard InChI is InChI=1S/C20H31N3O3/c1-6-26-16-9-7-14(8-10-16)13-21-17(24)18(25)22-15-11-19(2,3)23-20(4,5)12-15/h7-10,15,23H,6,11-13H2,1-5H3,(H,21,24)(H,22,25). The molecule has 1 heterocycles. The molecule has 0 bridgehead atoms. The van der Waals surface area contributed by atoms with Crippen LogP contribution < -0.4 is 20.7 Å². The van der Waals surface area contributed by atoms with Crippen LogP contribution in [0.1, 0.15) is 53.0 Å². The molecule has 0 unspecified atom stereocenters. The lowest BCUT2D eigenvalue weighted by molar-refractivity contribution is -0.140. The number of piperidine rings is 1. The normalized spacial score (nSPS) is 18.8. The van der Waals surface area contributed by atoms with Crippen LogP contribution in [0.5, 0.6) is 5.75 Å². The summed E-state index contributed by atoms with van der Waals surface area (Å²) in [4.78, 5) is 24.3. The van der Waals surface area contributed by atoms with E-state index >= 15 is 0 Å². The fourth-order valence-corrected chi connectivity index (χ4v) is 3.81. The second kappa shape index (κ2) is 8.08. The molecule has 0 atom stereocenters. The smallest absolute Gasteiger partial charge is 0.309 e. The molecule has 6 nitrogen and oxygen atoms in total.